The summed E-state index contributed by atoms with van der Waals surface area (Å²) in [7, 11) is 0. The van der Waals surface area contributed by atoms with Crippen molar-refractivity contribution < 1.29 is 14.7 Å². The fraction of sp³-hybridized carbons (Fsp3) is 0.846. The molecular weight excluding hydrogens is 264 g/mol. The molecule has 0 aliphatic heterocycles. The molecule has 0 aromatic carbocycles. The summed E-state index contributed by atoms with van der Waals surface area (Å²) >= 11 is 1.58. The third-order valence-corrected chi connectivity index (χ3v) is 4.21. The summed E-state index contributed by atoms with van der Waals surface area (Å²) in [4.78, 5) is 22.8. The van der Waals surface area contributed by atoms with E-state index in [4.69, 9.17) is 5.11 Å². The summed E-state index contributed by atoms with van der Waals surface area (Å²) in [5.74, 6) is 0.481. The van der Waals surface area contributed by atoms with Gasteiger partial charge in [0, 0.05) is 6.04 Å². The Morgan fingerprint density at radius 2 is 1.95 bits per heavy atom. The Kier molecular flexibility index (Phi) is 7.05. The maximum atomic E-state index is 11.8. The van der Waals surface area contributed by atoms with E-state index in [0.717, 1.165) is 37.4 Å². The van der Waals surface area contributed by atoms with Crippen molar-refractivity contribution in [3.8, 4) is 0 Å². The van der Waals surface area contributed by atoms with E-state index in [9.17, 15) is 9.59 Å². The number of carboxylic acid groups (broad SMARTS) is 1. The first-order valence-corrected chi connectivity index (χ1v) is 8.21. The van der Waals surface area contributed by atoms with Crippen LogP contribution in [-0.2, 0) is 4.79 Å². The molecule has 0 bridgehead atoms. The van der Waals surface area contributed by atoms with Crippen LogP contribution < -0.4 is 10.6 Å². The number of thioether (sulfide) groups is 1. The van der Waals surface area contributed by atoms with Gasteiger partial charge in [-0.05, 0) is 50.0 Å². The van der Waals surface area contributed by atoms with E-state index in [0.29, 0.717) is 6.42 Å². The molecule has 5 nitrogen and oxygen atoms in total. The zero-order valence-corrected chi connectivity index (χ0v) is 12.5. The number of carboxylic acids is 1. The van der Waals surface area contributed by atoms with Crippen LogP contribution in [0.4, 0.5) is 4.79 Å². The third-order valence-electron chi connectivity index (χ3n) is 3.57. The van der Waals surface area contributed by atoms with Crippen LogP contribution in [0.1, 0.15) is 39.0 Å². The first-order chi connectivity index (χ1) is 9.02. The van der Waals surface area contributed by atoms with Crippen LogP contribution in [0.5, 0.6) is 0 Å². The maximum Gasteiger partial charge on any atom is 0.326 e. The van der Waals surface area contributed by atoms with Crippen LogP contribution in [0.3, 0.4) is 0 Å². The standard InChI is InChI=1S/C13H24N2O3S/c1-9-3-5-10(6-4-9)14-13(18)15-11(12(16)17)7-8-19-2/h9-11H,3-8H2,1-2H3,(H,16,17)(H2,14,15,18). The second-order valence-electron chi connectivity index (χ2n) is 5.25. The van der Waals surface area contributed by atoms with Crippen molar-refractivity contribution in [2.45, 2.75) is 51.1 Å². The van der Waals surface area contributed by atoms with E-state index < -0.39 is 12.0 Å². The Balaban J connectivity index is 2.33. The number of hydrogen-bond donors (Lipinski definition) is 3. The molecule has 0 heterocycles. The molecule has 1 unspecified atom stereocenters. The second kappa shape index (κ2) is 8.30. The highest BCUT2D eigenvalue weighted by molar-refractivity contribution is 7.98. The molecule has 1 aliphatic carbocycles. The van der Waals surface area contributed by atoms with Crippen molar-refractivity contribution in [2.75, 3.05) is 12.0 Å². The number of nitrogens with one attached hydrogen (secondary N) is 2. The minimum absolute atomic E-state index is 0.186. The summed E-state index contributed by atoms with van der Waals surface area (Å²) in [5, 5.41) is 14.5. The summed E-state index contributed by atoms with van der Waals surface area (Å²) < 4.78 is 0. The number of carbonyl (C=O) groups excluding carboxylic acids is 1. The van der Waals surface area contributed by atoms with Gasteiger partial charge in [0.15, 0.2) is 0 Å². The first-order valence-electron chi connectivity index (χ1n) is 6.81. The quantitative estimate of drug-likeness (QED) is 0.699. The average molecular weight is 288 g/mol. The van der Waals surface area contributed by atoms with E-state index in [-0.39, 0.29) is 12.1 Å². The van der Waals surface area contributed by atoms with Crippen molar-refractivity contribution in [3.63, 3.8) is 0 Å². The number of hydrogen-bond acceptors (Lipinski definition) is 3. The van der Waals surface area contributed by atoms with Gasteiger partial charge in [-0.25, -0.2) is 9.59 Å². The van der Waals surface area contributed by atoms with Crippen molar-refractivity contribution in [1.29, 1.82) is 0 Å². The molecular formula is C13H24N2O3S. The Morgan fingerprint density at radius 3 is 2.47 bits per heavy atom. The number of urea groups is 1. The Hall–Kier alpha value is -0.910. The van der Waals surface area contributed by atoms with Gasteiger partial charge in [0.2, 0.25) is 0 Å². The van der Waals surface area contributed by atoms with E-state index in [1.165, 1.54) is 0 Å². The highest BCUT2D eigenvalue weighted by Crippen LogP contribution is 2.23. The van der Waals surface area contributed by atoms with Crippen LogP contribution in [0.15, 0.2) is 0 Å². The second-order valence-corrected chi connectivity index (χ2v) is 6.23. The van der Waals surface area contributed by atoms with Gasteiger partial charge in [-0.15, -0.1) is 0 Å². The number of aliphatic carboxylic acids is 1. The molecule has 110 valence electrons. The fourth-order valence-electron chi connectivity index (χ4n) is 2.28. The highest BCUT2D eigenvalue weighted by atomic mass is 32.2. The average Bonchev–Trinajstić information content (AvgIpc) is 2.37. The van der Waals surface area contributed by atoms with Gasteiger partial charge < -0.3 is 15.7 Å². The fourth-order valence-corrected chi connectivity index (χ4v) is 2.75. The zero-order chi connectivity index (χ0) is 14.3. The summed E-state index contributed by atoms with van der Waals surface area (Å²) in [6.45, 7) is 2.22. The van der Waals surface area contributed by atoms with Gasteiger partial charge in [0.1, 0.15) is 6.04 Å². The van der Waals surface area contributed by atoms with Crippen molar-refractivity contribution >= 4 is 23.8 Å². The molecule has 1 aliphatic rings. The summed E-state index contributed by atoms with van der Waals surface area (Å²) in [5.41, 5.74) is 0. The van der Waals surface area contributed by atoms with Crippen LogP contribution >= 0.6 is 11.8 Å². The minimum Gasteiger partial charge on any atom is -0.480 e. The summed E-state index contributed by atoms with van der Waals surface area (Å²) in [6, 6.07) is -0.964. The molecule has 2 amide bonds. The van der Waals surface area contributed by atoms with Crippen LogP contribution in [0, 0.1) is 5.92 Å². The molecule has 6 heteroatoms. The number of carbonyl (C=O) groups is 2. The van der Waals surface area contributed by atoms with E-state index in [1.54, 1.807) is 11.8 Å². The largest absolute Gasteiger partial charge is 0.480 e. The molecule has 3 N–H and O–H groups in total. The minimum atomic E-state index is -0.971. The highest BCUT2D eigenvalue weighted by Gasteiger charge is 2.23. The van der Waals surface area contributed by atoms with Crippen LogP contribution in [-0.4, -0.2) is 41.2 Å². The molecule has 1 rings (SSSR count). The van der Waals surface area contributed by atoms with E-state index >= 15 is 0 Å². The predicted octanol–water partition coefficient (Wildman–Crippen LogP) is 2.07. The lowest BCUT2D eigenvalue weighted by Crippen LogP contribution is -2.49. The van der Waals surface area contributed by atoms with Gasteiger partial charge in [-0.2, -0.15) is 11.8 Å². The van der Waals surface area contributed by atoms with E-state index in [1.807, 2.05) is 6.26 Å². The molecule has 0 saturated heterocycles. The Labute approximate surface area is 118 Å². The lowest BCUT2D eigenvalue weighted by molar-refractivity contribution is -0.139. The molecule has 0 aromatic heterocycles. The van der Waals surface area contributed by atoms with Crippen molar-refractivity contribution in [3.05, 3.63) is 0 Å². The molecule has 0 aromatic rings. The normalized spacial score (nSPS) is 24.5. The van der Waals surface area contributed by atoms with Gasteiger partial charge >= 0.3 is 12.0 Å². The van der Waals surface area contributed by atoms with Crippen LogP contribution in [0.2, 0.25) is 0 Å². The first kappa shape index (κ1) is 16.1. The van der Waals surface area contributed by atoms with Crippen molar-refractivity contribution in [2.24, 2.45) is 5.92 Å². The lowest BCUT2D eigenvalue weighted by Gasteiger charge is -2.27. The topological polar surface area (TPSA) is 78.4 Å². The molecule has 1 fully saturated rings. The molecule has 1 atom stereocenters. The van der Waals surface area contributed by atoms with E-state index in [2.05, 4.69) is 17.6 Å². The van der Waals surface area contributed by atoms with Gasteiger partial charge in [0.25, 0.3) is 0 Å². The maximum absolute atomic E-state index is 11.8. The molecule has 0 spiro atoms. The van der Waals surface area contributed by atoms with Gasteiger partial charge in [-0.3, -0.25) is 0 Å². The van der Waals surface area contributed by atoms with Gasteiger partial charge in [-0.1, -0.05) is 6.92 Å². The number of rotatable bonds is 6. The monoisotopic (exact) mass is 288 g/mol. The molecule has 0 radical (unpaired) electrons. The van der Waals surface area contributed by atoms with Crippen molar-refractivity contribution in [1.82, 2.24) is 10.6 Å². The smallest absolute Gasteiger partial charge is 0.326 e. The SMILES string of the molecule is CSCCC(NC(=O)NC1CCC(C)CC1)C(=O)O. The van der Waals surface area contributed by atoms with Gasteiger partial charge in [0.05, 0.1) is 0 Å². The molecule has 19 heavy (non-hydrogen) atoms. The number of amides is 2. The Bertz CT molecular complexity index is 304. The summed E-state index contributed by atoms with van der Waals surface area (Å²) in [6.07, 6.45) is 6.58. The zero-order valence-electron chi connectivity index (χ0n) is 11.6. The predicted molar refractivity (Wildman–Crippen MR) is 77.5 cm³/mol. The molecule has 1 saturated carbocycles. The van der Waals surface area contributed by atoms with Crippen LogP contribution in [0.25, 0.3) is 0 Å². The third kappa shape index (κ3) is 6.18. The lowest BCUT2D eigenvalue weighted by atomic mass is 9.87. The Morgan fingerprint density at radius 1 is 1.32 bits per heavy atom.